The van der Waals surface area contributed by atoms with E-state index >= 15 is 0 Å². The Labute approximate surface area is 275 Å². The molecular formula is C34H30Cl2N6O4. The number of azo groups is 2. The predicted octanol–water partition coefficient (Wildman–Crippen LogP) is 10.3. The zero-order valence-corrected chi connectivity index (χ0v) is 26.9. The molecule has 0 radical (unpaired) electrons. The van der Waals surface area contributed by atoms with Crippen molar-refractivity contribution in [3.63, 3.8) is 0 Å². The predicted molar refractivity (Wildman–Crippen MR) is 181 cm³/mol. The second-order valence-electron chi connectivity index (χ2n) is 10.1. The van der Waals surface area contributed by atoms with Crippen LogP contribution in [-0.2, 0) is 9.59 Å². The minimum absolute atomic E-state index is 0.239. The summed E-state index contributed by atoms with van der Waals surface area (Å²) in [5.74, 6) is -1.86. The topological polar surface area (TPSA) is 148 Å². The molecule has 0 atom stereocenters. The highest BCUT2D eigenvalue weighted by Crippen LogP contribution is 2.35. The van der Waals surface area contributed by atoms with Crippen LogP contribution in [0.4, 0.5) is 22.7 Å². The third-order valence-electron chi connectivity index (χ3n) is 6.65. The lowest BCUT2D eigenvalue weighted by Crippen LogP contribution is -2.15. The van der Waals surface area contributed by atoms with E-state index < -0.39 is 11.8 Å². The number of aryl methyl sites for hydroxylation is 2. The Morgan fingerprint density at radius 3 is 1.30 bits per heavy atom. The molecule has 4 rings (SSSR count). The summed E-state index contributed by atoms with van der Waals surface area (Å²) in [7, 11) is 0. The third-order valence-corrected chi connectivity index (χ3v) is 7.25. The van der Waals surface area contributed by atoms with Crippen LogP contribution in [0.3, 0.4) is 0 Å². The molecule has 0 saturated carbocycles. The van der Waals surface area contributed by atoms with Crippen LogP contribution in [-0.4, -0.2) is 22.0 Å². The van der Waals surface area contributed by atoms with Crippen molar-refractivity contribution in [3.8, 4) is 11.1 Å². The molecule has 0 unspecified atom stereocenters. The summed E-state index contributed by atoms with van der Waals surface area (Å²) < 4.78 is 0. The van der Waals surface area contributed by atoms with E-state index in [9.17, 15) is 19.8 Å². The van der Waals surface area contributed by atoms with Gasteiger partial charge in [0.2, 0.25) is 0 Å². The van der Waals surface area contributed by atoms with Crippen molar-refractivity contribution in [1.82, 2.24) is 0 Å². The lowest BCUT2D eigenvalue weighted by atomic mass is 10.1. The molecule has 0 aliphatic rings. The van der Waals surface area contributed by atoms with Crippen molar-refractivity contribution in [2.75, 3.05) is 10.6 Å². The molecule has 0 bridgehead atoms. The van der Waals surface area contributed by atoms with E-state index in [1.54, 1.807) is 60.7 Å². The molecule has 4 N–H and O–H groups in total. The van der Waals surface area contributed by atoms with E-state index in [1.165, 1.54) is 13.8 Å². The van der Waals surface area contributed by atoms with Crippen LogP contribution < -0.4 is 10.6 Å². The fraction of sp³-hybridized carbons (Fsp3) is 0.118. The normalized spacial score (nSPS) is 12.6. The van der Waals surface area contributed by atoms with Crippen molar-refractivity contribution in [3.05, 3.63) is 129 Å². The van der Waals surface area contributed by atoms with Crippen LogP contribution in [0.15, 0.2) is 128 Å². The van der Waals surface area contributed by atoms with Gasteiger partial charge in [-0.1, -0.05) is 71.7 Å². The number of rotatable bonds is 9. The first-order valence-corrected chi connectivity index (χ1v) is 14.7. The van der Waals surface area contributed by atoms with Gasteiger partial charge in [-0.05, 0) is 86.3 Å². The second kappa shape index (κ2) is 15.1. The van der Waals surface area contributed by atoms with Crippen LogP contribution in [0.2, 0.25) is 10.0 Å². The average Bonchev–Trinajstić information content (AvgIpc) is 3.00. The van der Waals surface area contributed by atoms with E-state index in [2.05, 4.69) is 31.1 Å². The summed E-state index contributed by atoms with van der Waals surface area (Å²) in [6, 6.07) is 24.4. The highest BCUT2D eigenvalue weighted by Gasteiger charge is 2.16. The van der Waals surface area contributed by atoms with E-state index in [0.717, 1.165) is 11.1 Å². The van der Waals surface area contributed by atoms with Crippen molar-refractivity contribution >= 4 is 57.8 Å². The Morgan fingerprint density at radius 2 is 0.978 bits per heavy atom. The van der Waals surface area contributed by atoms with Gasteiger partial charge in [-0.3, -0.25) is 9.59 Å². The summed E-state index contributed by atoms with van der Waals surface area (Å²) in [4.78, 5) is 25.5. The zero-order chi connectivity index (χ0) is 33.4. The molecule has 0 aliphatic carbocycles. The average molecular weight is 658 g/mol. The smallest absolute Gasteiger partial charge is 0.279 e. The van der Waals surface area contributed by atoms with Crippen molar-refractivity contribution < 1.29 is 19.8 Å². The summed E-state index contributed by atoms with van der Waals surface area (Å²) in [6.45, 7) is 6.37. The van der Waals surface area contributed by atoms with E-state index in [0.29, 0.717) is 22.5 Å². The molecule has 0 fully saturated rings. The first kappa shape index (κ1) is 33.6. The van der Waals surface area contributed by atoms with E-state index in [4.69, 9.17) is 23.2 Å². The molecule has 0 aliphatic heterocycles. The number of hydrogen-bond acceptors (Lipinski definition) is 8. The lowest BCUT2D eigenvalue weighted by Gasteiger charge is -2.09. The first-order chi connectivity index (χ1) is 21.9. The number of benzene rings is 4. The van der Waals surface area contributed by atoms with Crippen molar-refractivity contribution in [2.45, 2.75) is 27.7 Å². The Bertz CT molecular complexity index is 1790. The number of hydrogen-bond donors (Lipinski definition) is 4. The molecule has 0 spiro atoms. The quantitative estimate of drug-likeness (QED) is 0.0805. The largest absolute Gasteiger partial charge is 0.510 e. The van der Waals surface area contributed by atoms with Gasteiger partial charge in [-0.2, -0.15) is 0 Å². The molecule has 0 heterocycles. The van der Waals surface area contributed by atoms with Gasteiger partial charge < -0.3 is 20.8 Å². The first-order valence-electron chi connectivity index (χ1n) is 13.9. The third kappa shape index (κ3) is 8.44. The van der Waals surface area contributed by atoms with Crippen LogP contribution in [0.25, 0.3) is 11.1 Å². The second-order valence-corrected chi connectivity index (χ2v) is 11.0. The van der Waals surface area contributed by atoms with Gasteiger partial charge in [0.25, 0.3) is 11.8 Å². The number of anilines is 2. The van der Waals surface area contributed by atoms with Gasteiger partial charge >= 0.3 is 0 Å². The maximum Gasteiger partial charge on any atom is 0.279 e. The number of aliphatic hydroxyl groups excluding tert-OH is 2. The number of para-hydroxylation sites is 2. The van der Waals surface area contributed by atoms with Gasteiger partial charge in [-0.25, -0.2) is 0 Å². The lowest BCUT2D eigenvalue weighted by molar-refractivity contribution is -0.113. The maximum atomic E-state index is 12.8. The van der Waals surface area contributed by atoms with Gasteiger partial charge in [0.15, 0.2) is 11.4 Å². The molecule has 10 nitrogen and oxygen atoms in total. The molecular weight excluding hydrogens is 627 g/mol. The Kier molecular flexibility index (Phi) is 11.0. The molecule has 4 aromatic rings. The van der Waals surface area contributed by atoms with Crippen molar-refractivity contribution in [1.29, 1.82) is 0 Å². The SMILES string of the molecule is C/C(O)=C(\N=Nc1ccc(-c2ccc(N=N/C(C(=O)Nc3ccccc3C)=C(\C)O)c(Cl)c2)cc1Cl)C(=O)Nc1ccccc1C. The number of nitrogens with one attached hydrogen (secondary N) is 2. The molecule has 12 heteroatoms. The van der Waals surface area contributed by atoms with E-state index in [-0.39, 0.29) is 44.3 Å². The molecule has 2 amide bonds. The highest BCUT2D eigenvalue weighted by atomic mass is 35.5. The minimum atomic E-state index is -0.624. The Balaban J connectivity index is 1.49. The van der Waals surface area contributed by atoms with E-state index in [1.807, 2.05) is 38.1 Å². The molecule has 0 aromatic heterocycles. The summed E-state index contributed by atoms with van der Waals surface area (Å²) in [6.07, 6.45) is 0. The zero-order valence-electron chi connectivity index (χ0n) is 25.3. The fourth-order valence-electron chi connectivity index (χ4n) is 4.10. The Hall–Kier alpha value is -5.32. The van der Waals surface area contributed by atoms with Crippen molar-refractivity contribution in [2.24, 2.45) is 20.5 Å². The standard InChI is InChI=1S/C34H30Cl2N6O4/c1-19-9-5-7-11-27(19)37-33(45)31(21(3)43)41-39-29-15-13-23(17-25(29)35)24-14-16-30(26(36)18-24)40-42-32(22(4)44)34(46)38-28-12-8-6-10-20(28)2/h5-18,43-44H,1-4H3,(H,37,45)(H,38,46)/b31-21+,32-22+,41-39?,42-40?. The summed E-state index contributed by atoms with van der Waals surface area (Å²) >= 11 is 13.0. The fourth-order valence-corrected chi connectivity index (χ4v) is 4.53. The van der Waals surface area contributed by atoms with Crippen LogP contribution in [0.1, 0.15) is 25.0 Å². The summed E-state index contributed by atoms with van der Waals surface area (Å²) in [5.41, 5.74) is 4.28. The molecule has 0 saturated heterocycles. The highest BCUT2D eigenvalue weighted by molar-refractivity contribution is 6.34. The van der Waals surface area contributed by atoms with Gasteiger partial charge in [0.1, 0.15) is 22.9 Å². The molecule has 4 aromatic carbocycles. The van der Waals surface area contributed by atoms with Crippen LogP contribution in [0, 0.1) is 13.8 Å². The summed E-state index contributed by atoms with van der Waals surface area (Å²) in [5, 5.41) is 42.2. The van der Waals surface area contributed by atoms with Crippen LogP contribution in [0.5, 0.6) is 0 Å². The monoisotopic (exact) mass is 656 g/mol. The maximum absolute atomic E-state index is 12.8. The number of carbonyl (C=O) groups is 2. The Morgan fingerprint density at radius 1 is 0.609 bits per heavy atom. The number of nitrogens with zero attached hydrogens (tertiary/aromatic N) is 4. The van der Waals surface area contributed by atoms with Crippen LogP contribution >= 0.6 is 23.2 Å². The number of halogens is 2. The molecule has 46 heavy (non-hydrogen) atoms. The number of amides is 2. The minimum Gasteiger partial charge on any atom is -0.510 e. The molecule has 234 valence electrons. The van der Waals surface area contributed by atoms with Gasteiger partial charge in [0.05, 0.1) is 10.0 Å². The van der Waals surface area contributed by atoms with Gasteiger partial charge in [-0.15, -0.1) is 20.5 Å². The number of allylic oxidation sites excluding steroid dienone is 2. The number of aliphatic hydroxyl groups is 2. The number of carbonyl (C=O) groups excluding carboxylic acids is 2. The van der Waals surface area contributed by atoms with Gasteiger partial charge in [0, 0.05) is 11.4 Å².